The zero-order valence-electron chi connectivity index (χ0n) is 29.6. The average molecular weight is 811 g/mol. The first-order valence-corrected chi connectivity index (χ1v) is 17.0. The third-order valence-electron chi connectivity index (χ3n) is 8.85. The van der Waals surface area contributed by atoms with Crippen LogP contribution in [0.4, 0.5) is 0 Å². The van der Waals surface area contributed by atoms with E-state index in [4.69, 9.17) is 43.1 Å². The number of hydrogen-bond acceptors (Lipinski definition) is 20. The summed E-state index contributed by atoms with van der Waals surface area (Å²) < 4.78 is 38.9. The van der Waals surface area contributed by atoms with Gasteiger partial charge in [-0.25, -0.2) is 0 Å². The Morgan fingerprint density at radius 2 is 1.33 bits per heavy atom. The molecule has 0 saturated carbocycles. The van der Waals surface area contributed by atoms with E-state index in [0.717, 1.165) is 24.3 Å². The van der Waals surface area contributed by atoms with Crippen molar-refractivity contribution in [3.05, 3.63) is 40.6 Å². The molecule has 0 spiro atoms. The molecule has 0 amide bonds. The summed E-state index contributed by atoms with van der Waals surface area (Å²) in [5, 5.41) is 101. The number of fused-ring (bicyclic) bond motifs is 1. The molecule has 0 bridgehead atoms. The standard InChI is InChI=1S/C35H38O22/c1-12-30(55-22(44)6-4-20(40)41)33(56-23(45)7-5-21(42)43)29(50)34(52-12)51-11-19-25(46)27(48)28(49)35(54-19)57-32-26(47)24-17(39)9-14(36)10-18(24)53-31(32)13-2-3-15(37)16(38)8-13/h2-3,8-10,12,19,25,27-30,33-39,46,48-50H,4-7,11H2,1H3,(H,40,41)(H,42,43)/t12-,19+,25+,27-,28+,29+,30-,33-,34+,35-/m0/s1. The third kappa shape index (κ3) is 9.62. The molecule has 310 valence electrons. The summed E-state index contributed by atoms with van der Waals surface area (Å²) in [5.74, 6) is -8.58. The molecule has 0 aliphatic carbocycles. The second-order valence-corrected chi connectivity index (χ2v) is 13.0. The molecule has 2 aliphatic heterocycles. The quantitative estimate of drug-likeness (QED) is 0.0699. The minimum atomic E-state index is -2.09. The fourth-order valence-electron chi connectivity index (χ4n) is 5.95. The summed E-state index contributed by atoms with van der Waals surface area (Å²) in [6.07, 6.45) is -20.7. The molecule has 2 fully saturated rings. The fraction of sp³-hybridized carbons (Fsp3) is 0.457. The second-order valence-electron chi connectivity index (χ2n) is 13.0. The van der Waals surface area contributed by atoms with Crippen molar-refractivity contribution >= 4 is 34.8 Å². The summed E-state index contributed by atoms with van der Waals surface area (Å²) in [5.41, 5.74) is -1.56. The molecule has 3 aromatic rings. The summed E-state index contributed by atoms with van der Waals surface area (Å²) in [4.78, 5) is 60.6. The number of ether oxygens (including phenoxy) is 6. The van der Waals surface area contributed by atoms with Gasteiger partial charge < -0.3 is 83.9 Å². The van der Waals surface area contributed by atoms with Crippen molar-refractivity contribution in [3.8, 4) is 40.1 Å². The Kier molecular flexibility index (Phi) is 13.1. The van der Waals surface area contributed by atoms with Gasteiger partial charge in [0, 0.05) is 17.7 Å². The molecule has 5 rings (SSSR count). The van der Waals surface area contributed by atoms with Crippen LogP contribution >= 0.6 is 0 Å². The summed E-state index contributed by atoms with van der Waals surface area (Å²) in [7, 11) is 0. The highest BCUT2D eigenvalue weighted by Crippen LogP contribution is 2.39. The number of rotatable bonds is 14. The highest BCUT2D eigenvalue weighted by atomic mass is 16.7. The average Bonchev–Trinajstić information content (AvgIpc) is 3.14. The van der Waals surface area contributed by atoms with Gasteiger partial charge in [0.15, 0.2) is 35.8 Å². The van der Waals surface area contributed by atoms with E-state index in [2.05, 4.69) is 0 Å². The lowest BCUT2D eigenvalue weighted by Gasteiger charge is -2.44. The number of carboxylic acid groups (broad SMARTS) is 2. The van der Waals surface area contributed by atoms with Gasteiger partial charge >= 0.3 is 23.9 Å². The van der Waals surface area contributed by atoms with E-state index in [1.165, 1.54) is 13.0 Å². The van der Waals surface area contributed by atoms with Gasteiger partial charge in [-0.3, -0.25) is 24.0 Å². The van der Waals surface area contributed by atoms with Gasteiger partial charge in [0.1, 0.15) is 53.0 Å². The highest BCUT2D eigenvalue weighted by molar-refractivity contribution is 5.88. The largest absolute Gasteiger partial charge is 0.508 e. The van der Waals surface area contributed by atoms with Gasteiger partial charge in [-0.1, -0.05) is 0 Å². The lowest BCUT2D eigenvalue weighted by Crippen LogP contribution is -2.62. The number of carboxylic acids is 2. The van der Waals surface area contributed by atoms with Crippen molar-refractivity contribution in [2.45, 2.75) is 94.0 Å². The number of aliphatic carboxylic acids is 2. The van der Waals surface area contributed by atoms with Crippen LogP contribution in [0.3, 0.4) is 0 Å². The van der Waals surface area contributed by atoms with Crippen molar-refractivity contribution in [2.75, 3.05) is 6.61 Å². The maximum absolute atomic E-state index is 13.8. The number of esters is 2. The number of carbonyl (C=O) groups is 4. The molecule has 2 saturated heterocycles. The molecule has 2 aromatic carbocycles. The first-order valence-electron chi connectivity index (χ1n) is 17.0. The van der Waals surface area contributed by atoms with Crippen LogP contribution in [0, 0.1) is 0 Å². The van der Waals surface area contributed by atoms with Crippen LogP contribution in [0.2, 0.25) is 0 Å². The van der Waals surface area contributed by atoms with Gasteiger partial charge in [0.05, 0.1) is 38.4 Å². The Hall–Kier alpha value is -5.75. The molecule has 22 nitrogen and oxygen atoms in total. The predicted molar refractivity (Wildman–Crippen MR) is 182 cm³/mol. The minimum absolute atomic E-state index is 0.102. The number of aromatic hydroxyl groups is 4. The molecule has 2 aliphatic rings. The van der Waals surface area contributed by atoms with Crippen LogP contribution in [0.15, 0.2) is 39.5 Å². The van der Waals surface area contributed by atoms with Crippen LogP contribution in [0.25, 0.3) is 22.3 Å². The van der Waals surface area contributed by atoms with Crippen molar-refractivity contribution in [1.82, 2.24) is 0 Å². The van der Waals surface area contributed by atoms with E-state index >= 15 is 0 Å². The van der Waals surface area contributed by atoms with Crippen molar-refractivity contribution < 1.29 is 103 Å². The first kappa shape index (κ1) is 42.4. The van der Waals surface area contributed by atoms with Crippen molar-refractivity contribution in [1.29, 1.82) is 0 Å². The van der Waals surface area contributed by atoms with E-state index in [0.29, 0.717) is 0 Å². The fourth-order valence-corrected chi connectivity index (χ4v) is 5.95. The molecule has 10 N–H and O–H groups in total. The molecule has 3 heterocycles. The van der Waals surface area contributed by atoms with Crippen LogP contribution in [-0.2, 0) is 42.9 Å². The molecular formula is C35H38O22. The van der Waals surface area contributed by atoms with Gasteiger partial charge in [0.2, 0.25) is 17.5 Å². The third-order valence-corrected chi connectivity index (χ3v) is 8.85. The molecule has 22 heteroatoms. The SMILES string of the molecule is C[C@@H]1O[C@@H](OC[C@H]2O[C@@H](Oc3c(-c4ccc(O)c(O)c4)oc4cc(O)cc(O)c4c3=O)[C@H](O)[C@@H](O)[C@@H]2O)[C@H](O)[C@H](OC(=O)CCC(=O)O)[C@H]1OC(=O)CCC(=O)O. The maximum Gasteiger partial charge on any atom is 0.306 e. The molecular weight excluding hydrogens is 772 g/mol. The predicted octanol–water partition coefficient (Wildman–Crippen LogP) is -0.856. The normalized spacial score (nSPS) is 27.4. The Bertz CT molecular complexity index is 2040. The molecule has 0 unspecified atom stereocenters. The second kappa shape index (κ2) is 17.6. The number of aliphatic hydroxyl groups is 4. The number of phenolic OH excluding ortho intramolecular Hbond substituents is 4. The van der Waals surface area contributed by atoms with Crippen molar-refractivity contribution in [2.24, 2.45) is 0 Å². The Labute approximate surface area is 319 Å². The number of benzene rings is 2. The molecule has 10 atom stereocenters. The van der Waals surface area contributed by atoms with E-state index in [1.807, 2.05) is 0 Å². The molecule has 0 radical (unpaired) electrons. The van der Waals surface area contributed by atoms with Gasteiger partial charge in [-0.05, 0) is 25.1 Å². The van der Waals surface area contributed by atoms with Crippen LogP contribution in [-0.4, -0.2) is 143 Å². The smallest absolute Gasteiger partial charge is 0.306 e. The first-order chi connectivity index (χ1) is 26.9. The summed E-state index contributed by atoms with van der Waals surface area (Å²) in [6.45, 7) is 0.512. The lowest BCUT2D eigenvalue weighted by atomic mass is 9.98. The van der Waals surface area contributed by atoms with Crippen LogP contribution in [0.5, 0.6) is 28.7 Å². The number of aliphatic hydroxyl groups excluding tert-OH is 4. The lowest BCUT2D eigenvalue weighted by molar-refractivity contribution is -0.320. The van der Waals surface area contributed by atoms with Crippen LogP contribution < -0.4 is 10.2 Å². The maximum atomic E-state index is 13.8. The van der Waals surface area contributed by atoms with E-state index in [-0.39, 0.29) is 11.1 Å². The Morgan fingerprint density at radius 3 is 1.95 bits per heavy atom. The van der Waals surface area contributed by atoms with Gasteiger partial charge in [-0.15, -0.1) is 0 Å². The van der Waals surface area contributed by atoms with E-state index in [9.17, 15) is 64.8 Å². The highest BCUT2D eigenvalue weighted by Gasteiger charge is 2.50. The Morgan fingerprint density at radius 1 is 0.702 bits per heavy atom. The number of phenols is 4. The minimum Gasteiger partial charge on any atom is -0.508 e. The summed E-state index contributed by atoms with van der Waals surface area (Å²) in [6, 6.07) is 5.01. The van der Waals surface area contributed by atoms with E-state index in [1.54, 1.807) is 0 Å². The van der Waals surface area contributed by atoms with E-state index < -0.39 is 163 Å². The Balaban J connectivity index is 1.39. The monoisotopic (exact) mass is 810 g/mol. The zero-order chi connectivity index (χ0) is 41.9. The number of hydrogen-bond donors (Lipinski definition) is 10. The molecule has 1 aromatic heterocycles. The summed E-state index contributed by atoms with van der Waals surface area (Å²) >= 11 is 0. The van der Waals surface area contributed by atoms with Crippen LogP contribution in [0.1, 0.15) is 32.6 Å². The topological polar surface area (TPSA) is 356 Å². The van der Waals surface area contributed by atoms with Gasteiger partial charge in [-0.2, -0.15) is 0 Å². The number of carbonyl (C=O) groups excluding carboxylic acids is 2. The van der Waals surface area contributed by atoms with Crippen molar-refractivity contribution in [3.63, 3.8) is 0 Å². The zero-order valence-corrected chi connectivity index (χ0v) is 29.6. The van der Waals surface area contributed by atoms with Gasteiger partial charge in [0.25, 0.3) is 0 Å². The molecule has 57 heavy (non-hydrogen) atoms.